The van der Waals surface area contributed by atoms with Gasteiger partial charge < -0.3 is 25.6 Å². The number of hydrogen-bond donors (Lipinski definition) is 4. The van der Waals surface area contributed by atoms with Gasteiger partial charge in [-0.3, -0.25) is 0 Å². The maximum Gasteiger partial charge on any atom is 0.328 e. The summed E-state index contributed by atoms with van der Waals surface area (Å²) in [6.45, 7) is 3.87. The van der Waals surface area contributed by atoms with E-state index < -0.39 is 24.1 Å². The lowest BCUT2D eigenvalue weighted by molar-refractivity contribution is -0.141. The first kappa shape index (κ1) is 14.7. The smallest absolute Gasteiger partial charge is 0.328 e. The largest absolute Gasteiger partial charge is 0.480 e. The summed E-state index contributed by atoms with van der Waals surface area (Å²) < 4.78 is 5.34. The summed E-state index contributed by atoms with van der Waals surface area (Å²) in [7, 11) is 0. The van der Waals surface area contributed by atoms with Gasteiger partial charge in [-0.2, -0.15) is 0 Å². The van der Waals surface area contributed by atoms with Crippen LogP contribution in [-0.4, -0.2) is 53.1 Å². The van der Waals surface area contributed by atoms with E-state index in [0.29, 0.717) is 6.61 Å². The van der Waals surface area contributed by atoms with Gasteiger partial charge in [-0.05, 0) is 26.7 Å². The van der Waals surface area contributed by atoms with Crippen LogP contribution in [0.15, 0.2) is 0 Å². The third-order valence-electron chi connectivity index (χ3n) is 2.87. The Bertz CT molecular complexity index is 302. The lowest BCUT2D eigenvalue weighted by Gasteiger charge is -2.35. The molecule has 0 aromatic carbocycles. The molecular formula is C11H20N2O5. The molecule has 4 N–H and O–H groups in total. The number of aliphatic carboxylic acids is 1. The fourth-order valence-corrected chi connectivity index (χ4v) is 1.81. The van der Waals surface area contributed by atoms with Crippen LogP contribution in [-0.2, 0) is 9.53 Å². The van der Waals surface area contributed by atoms with Crippen molar-refractivity contribution in [3.05, 3.63) is 0 Å². The van der Waals surface area contributed by atoms with Crippen LogP contribution in [0.25, 0.3) is 0 Å². The Morgan fingerprint density at radius 2 is 2.06 bits per heavy atom. The Morgan fingerprint density at radius 1 is 1.44 bits per heavy atom. The molecule has 7 heteroatoms. The van der Waals surface area contributed by atoms with Crippen LogP contribution in [0.4, 0.5) is 4.79 Å². The van der Waals surface area contributed by atoms with Crippen LogP contribution in [0.5, 0.6) is 0 Å². The minimum atomic E-state index is -1.30. The average molecular weight is 260 g/mol. The van der Waals surface area contributed by atoms with Gasteiger partial charge in [0, 0.05) is 12.6 Å². The molecule has 0 aromatic heterocycles. The molecule has 104 valence electrons. The van der Waals surface area contributed by atoms with Crippen LogP contribution in [0.1, 0.15) is 26.7 Å². The summed E-state index contributed by atoms with van der Waals surface area (Å²) >= 11 is 0. The molecule has 0 spiro atoms. The highest BCUT2D eigenvalue weighted by atomic mass is 16.5. The van der Waals surface area contributed by atoms with Gasteiger partial charge in [0.1, 0.15) is 0 Å². The average Bonchev–Trinajstić information content (AvgIpc) is 2.22. The van der Waals surface area contributed by atoms with E-state index >= 15 is 0 Å². The van der Waals surface area contributed by atoms with Crippen LogP contribution in [0, 0.1) is 0 Å². The zero-order valence-electron chi connectivity index (χ0n) is 10.5. The molecule has 1 rings (SSSR count). The predicted molar refractivity (Wildman–Crippen MR) is 63.2 cm³/mol. The van der Waals surface area contributed by atoms with Crippen molar-refractivity contribution in [1.82, 2.24) is 10.6 Å². The molecule has 1 aliphatic rings. The van der Waals surface area contributed by atoms with E-state index in [-0.39, 0.29) is 12.1 Å². The van der Waals surface area contributed by atoms with Gasteiger partial charge in [0.2, 0.25) is 0 Å². The summed E-state index contributed by atoms with van der Waals surface area (Å²) in [6, 6.07) is -1.87. The first-order chi connectivity index (χ1) is 8.43. The van der Waals surface area contributed by atoms with Crippen molar-refractivity contribution in [1.29, 1.82) is 0 Å². The number of urea groups is 1. The molecule has 0 unspecified atom stereocenters. The number of carbonyl (C=O) groups excluding carboxylic acids is 1. The highest BCUT2D eigenvalue weighted by Gasteiger charge is 2.32. The van der Waals surface area contributed by atoms with E-state index in [2.05, 4.69) is 10.6 Å². The molecule has 0 saturated heterocycles. The fraction of sp³-hybridized carbons (Fsp3) is 0.818. The quantitative estimate of drug-likeness (QED) is 0.524. The minimum Gasteiger partial charge on any atom is -0.480 e. The highest BCUT2D eigenvalue weighted by Crippen LogP contribution is 2.22. The second kappa shape index (κ2) is 6.55. The van der Waals surface area contributed by atoms with Gasteiger partial charge >= 0.3 is 12.0 Å². The molecular weight excluding hydrogens is 240 g/mol. The maximum absolute atomic E-state index is 11.5. The zero-order chi connectivity index (χ0) is 13.7. The Labute approximate surface area is 106 Å². The third kappa shape index (κ3) is 4.15. The van der Waals surface area contributed by atoms with E-state index in [9.17, 15) is 14.7 Å². The molecule has 18 heavy (non-hydrogen) atoms. The van der Waals surface area contributed by atoms with Crippen molar-refractivity contribution in [3.63, 3.8) is 0 Å². The van der Waals surface area contributed by atoms with Crippen molar-refractivity contribution >= 4 is 12.0 Å². The summed E-state index contributed by atoms with van der Waals surface area (Å²) in [4.78, 5) is 22.3. The Morgan fingerprint density at radius 3 is 2.50 bits per heavy atom. The molecule has 1 fully saturated rings. The predicted octanol–water partition coefficient (Wildman–Crippen LogP) is -0.313. The molecule has 2 amide bonds. The van der Waals surface area contributed by atoms with E-state index in [1.165, 1.54) is 6.92 Å². The molecule has 7 nitrogen and oxygen atoms in total. The van der Waals surface area contributed by atoms with E-state index in [1.807, 2.05) is 6.92 Å². The topological polar surface area (TPSA) is 108 Å². The van der Waals surface area contributed by atoms with E-state index in [4.69, 9.17) is 9.84 Å². The molecule has 1 aliphatic carbocycles. The summed E-state index contributed by atoms with van der Waals surface area (Å²) in [5.74, 6) is -1.26. The molecule has 0 bridgehead atoms. The van der Waals surface area contributed by atoms with E-state index in [0.717, 1.165) is 12.8 Å². The summed E-state index contributed by atoms with van der Waals surface area (Å²) in [5.41, 5.74) is 0. The first-order valence-corrected chi connectivity index (χ1v) is 6.03. The number of aliphatic hydroxyl groups excluding tert-OH is 1. The molecule has 0 heterocycles. The number of carboxylic acids is 1. The van der Waals surface area contributed by atoms with Crippen molar-refractivity contribution in [2.75, 3.05) is 6.61 Å². The monoisotopic (exact) mass is 260 g/mol. The molecule has 0 radical (unpaired) electrons. The molecule has 0 aliphatic heterocycles. The summed E-state index contributed by atoms with van der Waals surface area (Å²) in [5, 5.41) is 22.9. The second-order valence-corrected chi connectivity index (χ2v) is 4.42. The normalized spacial score (nSPS) is 25.7. The highest BCUT2D eigenvalue weighted by molar-refractivity contribution is 5.83. The fourth-order valence-electron chi connectivity index (χ4n) is 1.81. The van der Waals surface area contributed by atoms with Crippen molar-refractivity contribution in [2.24, 2.45) is 0 Å². The van der Waals surface area contributed by atoms with Gasteiger partial charge in [-0.15, -0.1) is 0 Å². The standard InChI is InChI=1S/C11H20N2O5/c1-3-18-8-4-7(5-8)12-11(17)13-9(6(2)14)10(15)16/h6-9,14H,3-5H2,1-2H3,(H,15,16)(H2,12,13,17)/t6-,7?,8?,9+/m1/s1. The lowest BCUT2D eigenvalue weighted by atomic mass is 9.89. The van der Waals surface area contributed by atoms with Gasteiger partial charge in [-0.1, -0.05) is 0 Å². The maximum atomic E-state index is 11.5. The number of ether oxygens (including phenoxy) is 1. The number of aliphatic hydroxyl groups is 1. The SMILES string of the molecule is CCOC1CC(NC(=O)N[C@H](C(=O)O)[C@@H](C)O)C1. The lowest BCUT2D eigenvalue weighted by Crippen LogP contribution is -2.56. The number of carboxylic acid groups (broad SMARTS) is 1. The Kier molecular flexibility index (Phi) is 5.36. The van der Waals surface area contributed by atoms with Crippen LogP contribution >= 0.6 is 0 Å². The van der Waals surface area contributed by atoms with Crippen molar-refractivity contribution in [2.45, 2.75) is 51.0 Å². The van der Waals surface area contributed by atoms with Gasteiger partial charge in [-0.25, -0.2) is 9.59 Å². The molecule has 1 saturated carbocycles. The second-order valence-electron chi connectivity index (χ2n) is 4.42. The van der Waals surface area contributed by atoms with Gasteiger partial charge in [0.15, 0.2) is 6.04 Å². The Hall–Kier alpha value is -1.34. The number of carbonyl (C=O) groups is 2. The molecule has 0 aromatic rings. The van der Waals surface area contributed by atoms with Crippen LogP contribution < -0.4 is 10.6 Å². The van der Waals surface area contributed by atoms with Crippen LogP contribution in [0.3, 0.4) is 0 Å². The van der Waals surface area contributed by atoms with Crippen molar-refractivity contribution < 1.29 is 24.5 Å². The third-order valence-corrected chi connectivity index (χ3v) is 2.87. The van der Waals surface area contributed by atoms with Crippen molar-refractivity contribution in [3.8, 4) is 0 Å². The number of nitrogens with one attached hydrogen (secondary N) is 2. The minimum absolute atomic E-state index is 0.00462. The summed E-state index contributed by atoms with van der Waals surface area (Å²) in [6.07, 6.45) is 0.486. The number of rotatable bonds is 6. The molecule has 2 atom stereocenters. The Balaban J connectivity index is 2.28. The zero-order valence-corrected chi connectivity index (χ0v) is 10.5. The van der Waals surface area contributed by atoms with Gasteiger partial charge in [0.25, 0.3) is 0 Å². The number of amides is 2. The number of hydrogen-bond acceptors (Lipinski definition) is 4. The van der Waals surface area contributed by atoms with E-state index in [1.54, 1.807) is 0 Å². The van der Waals surface area contributed by atoms with Gasteiger partial charge in [0.05, 0.1) is 12.2 Å². The first-order valence-electron chi connectivity index (χ1n) is 6.03. The van der Waals surface area contributed by atoms with Crippen LogP contribution in [0.2, 0.25) is 0 Å².